The highest BCUT2D eigenvalue weighted by molar-refractivity contribution is 5.68. The van der Waals surface area contributed by atoms with Crippen molar-refractivity contribution in [3.05, 3.63) is 18.2 Å². The van der Waals surface area contributed by atoms with Gasteiger partial charge in [0.2, 0.25) is 0 Å². The molecule has 5 nitrogen and oxygen atoms in total. The lowest BCUT2D eigenvalue weighted by Gasteiger charge is -2.23. The number of alkyl carbamates (subject to hydrolysis) is 1. The zero-order valence-corrected chi connectivity index (χ0v) is 13.4. The first-order valence-corrected chi connectivity index (χ1v) is 7.22. The topological polar surface area (TPSA) is 56.2 Å². The number of rotatable bonds is 5. The highest BCUT2D eigenvalue weighted by Crippen LogP contribution is 2.16. The Morgan fingerprint density at radius 1 is 1.45 bits per heavy atom. The lowest BCUT2D eigenvalue weighted by Crippen LogP contribution is -2.34. The molecule has 0 saturated heterocycles. The molecule has 0 radical (unpaired) electrons. The molecule has 0 bridgehead atoms. The van der Waals surface area contributed by atoms with Crippen LogP contribution in [0.4, 0.5) is 4.79 Å². The maximum absolute atomic E-state index is 11.8. The summed E-state index contributed by atoms with van der Waals surface area (Å²) in [6.45, 7) is 12.8. The second-order valence-corrected chi connectivity index (χ2v) is 6.35. The van der Waals surface area contributed by atoms with Crippen molar-refractivity contribution in [3.63, 3.8) is 0 Å². The average Bonchev–Trinajstić information content (AvgIpc) is 2.74. The first kappa shape index (κ1) is 16.5. The summed E-state index contributed by atoms with van der Waals surface area (Å²) in [6, 6.07) is -0.128. The van der Waals surface area contributed by atoms with Gasteiger partial charge in [-0.25, -0.2) is 9.78 Å². The van der Waals surface area contributed by atoms with E-state index in [0.717, 1.165) is 18.7 Å². The van der Waals surface area contributed by atoms with Crippen LogP contribution in [0, 0.1) is 5.92 Å². The number of hydrogen-bond donors (Lipinski definition) is 1. The highest BCUT2D eigenvalue weighted by atomic mass is 16.6. The van der Waals surface area contributed by atoms with Crippen LogP contribution < -0.4 is 5.32 Å². The Balaban J connectivity index is 2.66. The van der Waals surface area contributed by atoms with Crippen LogP contribution in [-0.4, -0.2) is 21.2 Å². The number of amides is 1. The molecule has 1 unspecified atom stereocenters. The number of carbonyl (C=O) groups is 1. The number of imidazole rings is 1. The van der Waals surface area contributed by atoms with E-state index in [2.05, 4.69) is 28.7 Å². The first-order chi connectivity index (χ1) is 9.23. The van der Waals surface area contributed by atoms with Gasteiger partial charge in [0.05, 0.1) is 24.3 Å². The van der Waals surface area contributed by atoms with Crippen LogP contribution in [0.15, 0.2) is 12.5 Å². The van der Waals surface area contributed by atoms with Crippen molar-refractivity contribution < 1.29 is 9.53 Å². The Kier molecular flexibility index (Phi) is 5.60. The summed E-state index contributed by atoms with van der Waals surface area (Å²) in [5.74, 6) is 0.580. The molecule has 0 aliphatic rings. The zero-order valence-electron chi connectivity index (χ0n) is 13.4. The third-order valence-electron chi connectivity index (χ3n) is 3.13. The Labute approximate surface area is 121 Å². The molecule has 0 fully saturated rings. The van der Waals surface area contributed by atoms with Crippen LogP contribution in [0.2, 0.25) is 0 Å². The summed E-state index contributed by atoms with van der Waals surface area (Å²) in [5, 5.41) is 2.85. The van der Waals surface area contributed by atoms with Gasteiger partial charge in [-0.15, -0.1) is 0 Å². The number of carbonyl (C=O) groups excluding carboxylic acids is 1. The van der Waals surface area contributed by atoms with E-state index in [0.29, 0.717) is 5.92 Å². The van der Waals surface area contributed by atoms with E-state index < -0.39 is 11.7 Å². The van der Waals surface area contributed by atoms with Crippen molar-refractivity contribution in [2.45, 2.75) is 66.2 Å². The van der Waals surface area contributed by atoms with E-state index in [1.54, 1.807) is 6.20 Å². The van der Waals surface area contributed by atoms with Gasteiger partial charge >= 0.3 is 6.09 Å². The molecule has 0 aliphatic carbocycles. The number of nitrogens with one attached hydrogen (secondary N) is 1. The van der Waals surface area contributed by atoms with Crippen LogP contribution in [0.25, 0.3) is 0 Å². The third kappa shape index (κ3) is 5.23. The van der Waals surface area contributed by atoms with Crippen molar-refractivity contribution in [2.24, 2.45) is 5.92 Å². The highest BCUT2D eigenvalue weighted by Gasteiger charge is 2.20. The van der Waals surface area contributed by atoms with E-state index in [1.165, 1.54) is 0 Å². The lowest BCUT2D eigenvalue weighted by molar-refractivity contribution is 0.0506. The van der Waals surface area contributed by atoms with E-state index in [-0.39, 0.29) is 6.04 Å². The van der Waals surface area contributed by atoms with Gasteiger partial charge < -0.3 is 14.6 Å². The zero-order chi connectivity index (χ0) is 15.3. The molecule has 1 aromatic heterocycles. The smallest absolute Gasteiger partial charge is 0.408 e. The molecule has 1 N–H and O–H groups in total. The van der Waals surface area contributed by atoms with Gasteiger partial charge in [-0.1, -0.05) is 20.3 Å². The van der Waals surface area contributed by atoms with Crippen molar-refractivity contribution in [1.29, 1.82) is 0 Å². The number of hydrogen-bond acceptors (Lipinski definition) is 3. The van der Waals surface area contributed by atoms with Gasteiger partial charge in [0.1, 0.15) is 5.60 Å². The van der Waals surface area contributed by atoms with Crippen LogP contribution in [0.3, 0.4) is 0 Å². The number of nitrogens with zero attached hydrogens (tertiary/aromatic N) is 2. The van der Waals surface area contributed by atoms with Crippen LogP contribution in [0.5, 0.6) is 0 Å². The van der Waals surface area contributed by atoms with Crippen LogP contribution >= 0.6 is 0 Å². The second-order valence-electron chi connectivity index (χ2n) is 6.35. The number of ether oxygens (including phenoxy) is 1. The molecule has 1 heterocycles. The Morgan fingerprint density at radius 2 is 2.10 bits per heavy atom. The number of aromatic nitrogens is 2. The minimum atomic E-state index is -0.485. The van der Waals surface area contributed by atoms with Crippen molar-refractivity contribution in [2.75, 3.05) is 0 Å². The first-order valence-electron chi connectivity index (χ1n) is 7.22. The minimum Gasteiger partial charge on any atom is -0.444 e. The lowest BCUT2D eigenvalue weighted by atomic mass is 10.1. The Morgan fingerprint density at radius 3 is 2.65 bits per heavy atom. The quantitative estimate of drug-likeness (QED) is 0.898. The molecular formula is C15H27N3O2. The molecule has 1 amide bonds. The van der Waals surface area contributed by atoms with Gasteiger partial charge in [0, 0.05) is 6.54 Å². The molecule has 2 atom stereocenters. The monoisotopic (exact) mass is 281 g/mol. The molecule has 5 heteroatoms. The fraction of sp³-hybridized carbons (Fsp3) is 0.733. The Hall–Kier alpha value is -1.52. The van der Waals surface area contributed by atoms with Crippen molar-refractivity contribution in [3.8, 4) is 0 Å². The summed E-state index contributed by atoms with van der Waals surface area (Å²) >= 11 is 0. The summed E-state index contributed by atoms with van der Waals surface area (Å²) in [4.78, 5) is 16.0. The normalized spacial score (nSPS) is 14.7. The average molecular weight is 281 g/mol. The third-order valence-corrected chi connectivity index (χ3v) is 3.13. The largest absolute Gasteiger partial charge is 0.444 e. The van der Waals surface area contributed by atoms with Crippen molar-refractivity contribution >= 4 is 6.09 Å². The second kappa shape index (κ2) is 6.77. The Bertz CT molecular complexity index is 435. The van der Waals surface area contributed by atoms with Crippen LogP contribution in [-0.2, 0) is 11.3 Å². The predicted octanol–water partition coefficient (Wildman–Crippen LogP) is 3.51. The van der Waals surface area contributed by atoms with E-state index in [4.69, 9.17) is 4.74 Å². The molecule has 0 saturated carbocycles. The van der Waals surface area contributed by atoms with Crippen LogP contribution in [0.1, 0.15) is 59.7 Å². The fourth-order valence-electron chi connectivity index (χ4n) is 1.87. The molecule has 0 aromatic carbocycles. The van der Waals surface area contributed by atoms with Gasteiger partial charge in [-0.05, 0) is 33.6 Å². The van der Waals surface area contributed by atoms with Gasteiger partial charge in [0.25, 0.3) is 0 Å². The van der Waals surface area contributed by atoms with E-state index in [1.807, 2.05) is 34.0 Å². The summed E-state index contributed by atoms with van der Waals surface area (Å²) in [5.41, 5.74) is 0.511. The summed E-state index contributed by atoms with van der Waals surface area (Å²) in [6.07, 6.45) is 4.33. The molecule has 1 rings (SSSR count). The maximum atomic E-state index is 11.8. The molecule has 1 aromatic rings. The molecule has 0 spiro atoms. The van der Waals surface area contributed by atoms with E-state index in [9.17, 15) is 4.79 Å². The fourth-order valence-corrected chi connectivity index (χ4v) is 1.87. The van der Waals surface area contributed by atoms with Gasteiger partial charge in [-0.3, -0.25) is 0 Å². The van der Waals surface area contributed by atoms with Gasteiger partial charge in [-0.2, -0.15) is 0 Å². The standard InChI is InChI=1S/C15H27N3O2/c1-7-11(2)9-18-10-16-8-13(18)12(3)17-14(19)20-15(4,5)6/h8,10-12H,7,9H2,1-6H3,(H,17,19)/t11?,12-/m1/s1. The summed E-state index contributed by atoms with van der Waals surface area (Å²) in [7, 11) is 0. The SMILES string of the molecule is CCC(C)Cn1cncc1[C@@H](C)NC(=O)OC(C)(C)C. The minimum absolute atomic E-state index is 0.128. The predicted molar refractivity (Wildman–Crippen MR) is 79.5 cm³/mol. The van der Waals surface area contributed by atoms with E-state index >= 15 is 0 Å². The van der Waals surface area contributed by atoms with Gasteiger partial charge in [0.15, 0.2) is 0 Å². The molecule has 114 valence electrons. The van der Waals surface area contributed by atoms with Crippen molar-refractivity contribution in [1.82, 2.24) is 14.9 Å². The summed E-state index contributed by atoms with van der Waals surface area (Å²) < 4.78 is 7.36. The molecule has 0 aliphatic heterocycles. The maximum Gasteiger partial charge on any atom is 0.408 e. The molecule has 20 heavy (non-hydrogen) atoms. The molecular weight excluding hydrogens is 254 g/mol.